The van der Waals surface area contributed by atoms with Gasteiger partial charge in [0.05, 0.1) is 7.11 Å². The zero-order valence-electron chi connectivity index (χ0n) is 24.2. The number of methoxy groups -OCH3 is 1. The van der Waals surface area contributed by atoms with Gasteiger partial charge in [0.15, 0.2) is 11.3 Å². The molecule has 0 N–H and O–H groups in total. The van der Waals surface area contributed by atoms with Gasteiger partial charge >= 0.3 is 5.97 Å². The first kappa shape index (κ1) is 33.9. The second-order valence-corrected chi connectivity index (χ2v) is 8.39. The molecule has 3 rings (SSSR count). The van der Waals surface area contributed by atoms with Crippen molar-refractivity contribution in [1.29, 1.82) is 0 Å². The Bertz CT molecular complexity index is 1380. The number of allylic oxidation sites excluding steroid dienone is 2. The van der Waals surface area contributed by atoms with Gasteiger partial charge in [-0.25, -0.2) is 9.18 Å². The molecule has 0 fully saturated rings. The highest BCUT2D eigenvalue weighted by atomic mass is 35.5. The molecule has 0 aromatic heterocycles. The highest BCUT2D eigenvalue weighted by molar-refractivity contribution is 6.30. The van der Waals surface area contributed by atoms with Gasteiger partial charge in [0.25, 0.3) is 0 Å². The molecule has 0 saturated carbocycles. The van der Waals surface area contributed by atoms with Gasteiger partial charge in [-0.1, -0.05) is 79.9 Å². The quantitative estimate of drug-likeness (QED) is 0.0950. The molecule has 40 heavy (non-hydrogen) atoms. The lowest BCUT2D eigenvalue weighted by Gasteiger charge is -2.20. The Kier molecular flexibility index (Phi) is 15.4. The maximum absolute atomic E-state index is 15.3. The van der Waals surface area contributed by atoms with E-state index in [0.29, 0.717) is 27.3 Å². The molecule has 4 nitrogen and oxygen atoms in total. The predicted octanol–water partition coefficient (Wildman–Crippen LogP) is 9.04. The number of hydrogen-bond acceptors (Lipinski definition) is 4. The third kappa shape index (κ3) is 9.25. The number of aliphatic imine (C=N–C) groups is 1. The fourth-order valence-corrected chi connectivity index (χ4v) is 3.77. The minimum absolute atomic E-state index is 0.0905. The molecule has 3 aromatic carbocycles. The first-order chi connectivity index (χ1) is 19.3. The summed E-state index contributed by atoms with van der Waals surface area (Å²) >= 11 is 6.21. The van der Waals surface area contributed by atoms with E-state index in [1.54, 1.807) is 43.6 Å². The first-order valence-corrected chi connectivity index (χ1v) is 13.2. The van der Waals surface area contributed by atoms with Gasteiger partial charge in [0.2, 0.25) is 0 Å². The Balaban J connectivity index is 0.00000122. The van der Waals surface area contributed by atoms with Crippen LogP contribution in [0.3, 0.4) is 0 Å². The fourth-order valence-electron chi connectivity index (χ4n) is 3.58. The molecular formula is C34H37ClFNO3. The van der Waals surface area contributed by atoms with Crippen molar-refractivity contribution in [3.8, 4) is 23.5 Å². The van der Waals surface area contributed by atoms with Gasteiger partial charge in [-0.3, -0.25) is 0 Å². The van der Waals surface area contributed by atoms with Crippen LogP contribution in [0.5, 0.6) is 0 Å². The third-order valence-electron chi connectivity index (χ3n) is 5.58. The number of terminal acetylenes is 1. The van der Waals surface area contributed by atoms with Gasteiger partial charge in [-0.05, 0) is 73.5 Å². The van der Waals surface area contributed by atoms with Crippen LogP contribution >= 0.6 is 11.6 Å². The first-order valence-electron chi connectivity index (χ1n) is 12.9. The smallest absolute Gasteiger partial charge is 0.350 e. The summed E-state index contributed by atoms with van der Waals surface area (Å²) in [6, 6.07) is 19.3. The Morgan fingerprint density at radius 2 is 1.73 bits per heavy atom. The van der Waals surface area contributed by atoms with Crippen LogP contribution < -0.4 is 0 Å². The van der Waals surface area contributed by atoms with Gasteiger partial charge < -0.3 is 14.5 Å². The third-order valence-corrected chi connectivity index (χ3v) is 5.82. The fraction of sp³-hybridized carbons (Fsp3) is 0.235. The van der Waals surface area contributed by atoms with Crippen LogP contribution in [0.15, 0.2) is 83.4 Å². The second-order valence-electron chi connectivity index (χ2n) is 7.96. The minimum atomic E-state index is -0.719. The Labute approximate surface area is 243 Å². The van der Waals surface area contributed by atoms with Crippen LogP contribution in [0.4, 0.5) is 4.39 Å². The molecule has 0 saturated heterocycles. The van der Waals surface area contributed by atoms with Gasteiger partial charge in [0, 0.05) is 23.2 Å². The van der Waals surface area contributed by atoms with Gasteiger partial charge in [0.1, 0.15) is 12.4 Å². The Morgan fingerprint density at radius 1 is 1.07 bits per heavy atom. The zero-order chi connectivity index (χ0) is 30.1. The molecule has 0 heterocycles. The number of benzene rings is 3. The summed E-state index contributed by atoms with van der Waals surface area (Å²) in [6.07, 6.45) is 9.33. The number of rotatable bonds is 7. The number of ether oxygens (including phenoxy) is 2. The zero-order valence-corrected chi connectivity index (χ0v) is 25.0. The predicted molar refractivity (Wildman–Crippen MR) is 167 cm³/mol. The van der Waals surface area contributed by atoms with Crippen LogP contribution in [-0.2, 0) is 20.9 Å². The molecule has 0 unspecified atom stereocenters. The van der Waals surface area contributed by atoms with Crippen molar-refractivity contribution in [2.75, 3.05) is 14.2 Å². The lowest BCUT2D eigenvalue weighted by Crippen LogP contribution is -2.10. The maximum atomic E-state index is 15.3. The Morgan fingerprint density at radius 3 is 2.25 bits per heavy atom. The molecule has 0 bridgehead atoms. The molecule has 0 amide bonds. The summed E-state index contributed by atoms with van der Waals surface area (Å²) in [5.41, 5.74) is 3.50. The van der Waals surface area contributed by atoms with Crippen LogP contribution in [0.25, 0.3) is 22.5 Å². The van der Waals surface area contributed by atoms with Crippen LogP contribution in [0, 0.1) is 18.2 Å². The SMILES string of the molecule is C#C/C(C(=O)OC)=C(/OCc1ccccc1)c1ccc(F)c(-c2cccc(Cl)c2)c1/C(C)=C\C.CC.CC=NC. The highest BCUT2D eigenvalue weighted by Gasteiger charge is 2.25. The van der Waals surface area contributed by atoms with E-state index < -0.39 is 11.8 Å². The molecule has 0 radical (unpaired) electrons. The van der Waals surface area contributed by atoms with Crippen molar-refractivity contribution in [1.82, 2.24) is 0 Å². The number of hydrogen-bond donors (Lipinski definition) is 0. The summed E-state index contributed by atoms with van der Waals surface area (Å²) < 4.78 is 26.4. The van der Waals surface area contributed by atoms with E-state index in [1.807, 2.05) is 71.0 Å². The normalized spacial score (nSPS) is 11.2. The molecule has 0 aliphatic heterocycles. The van der Waals surface area contributed by atoms with E-state index in [1.165, 1.54) is 13.2 Å². The van der Waals surface area contributed by atoms with Crippen molar-refractivity contribution < 1.29 is 18.7 Å². The van der Waals surface area contributed by atoms with E-state index in [0.717, 1.165) is 11.1 Å². The summed E-state index contributed by atoms with van der Waals surface area (Å²) in [5.74, 6) is 1.38. The van der Waals surface area contributed by atoms with Gasteiger partial charge in [-0.15, -0.1) is 6.42 Å². The van der Waals surface area contributed by atoms with Crippen LogP contribution in [-0.4, -0.2) is 26.3 Å². The molecule has 3 aromatic rings. The summed E-state index contributed by atoms with van der Waals surface area (Å²) in [5, 5.41) is 0.473. The summed E-state index contributed by atoms with van der Waals surface area (Å²) in [4.78, 5) is 16.2. The number of halogens is 2. The van der Waals surface area contributed by atoms with Crippen molar-refractivity contribution in [2.45, 2.75) is 41.2 Å². The molecule has 210 valence electrons. The Hall–Kier alpha value is -4.14. The van der Waals surface area contributed by atoms with Crippen molar-refractivity contribution >= 4 is 35.1 Å². The lowest BCUT2D eigenvalue weighted by atomic mass is 9.88. The number of carbonyl (C=O) groups excluding carboxylic acids is 1. The molecule has 6 heteroatoms. The molecule has 0 spiro atoms. The van der Waals surface area contributed by atoms with Crippen molar-refractivity contribution in [2.24, 2.45) is 4.99 Å². The van der Waals surface area contributed by atoms with Crippen molar-refractivity contribution in [3.05, 3.63) is 106 Å². The molecule has 0 atom stereocenters. The van der Waals surface area contributed by atoms with E-state index in [-0.39, 0.29) is 17.9 Å². The van der Waals surface area contributed by atoms with Gasteiger partial charge in [-0.2, -0.15) is 0 Å². The minimum Gasteiger partial charge on any atom is -0.487 e. The molecule has 0 aliphatic carbocycles. The van der Waals surface area contributed by atoms with E-state index in [9.17, 15) is 4.79 Å². The van der Waals surface area contributed by atoms with E-state index >= 15 is 4.39 Å². The standard InChI is InChI=1S/C29H24ClFO3.C3H7N.C2H6/c1-5-19(3)26-24(15-16-25(31)27(26)21-13-10-14-22(30)17-21)28(23(6-2)29(32)33-4)34-18-20-11-8-7-9-12-20;1-3-4-2;1-2/h2,5,7-17H,18H2,1,3-4H3;3H,1-2H3;1-2H3/b19-5-,28-23-;;. The number of esters is 1. The average Bonchev–Trinajstić information content (AvgIpc) is 3.00. The van der Waals surface area contributed by atoms with Crippen LogP contribution in [0.2, 0.25) is 5.02 Å². The average molecular weight is 562 g/mol. The topological polar surface area (TPSA) is 47.9 Å². The summed E-state index contributed by atoms with van der Waals surface area (Å²) in [6.45, 7) is 9.74. The molecular weight excluding hydrogens is 525 g/mol. The largest absolute Gasteiger partial charge is 0.487 e. The highest BCUT2D eigenvalue weighted by Crippen LogP contribution is 2.39. The van der Waals surface area contributed by atoms with Crippen LogP contribution in [0.1, 0.15) is 51.3 Å². The van der Waals surface area contributed by atoms with E-state index in [4.69, 9.17) is 27.5 Å². The van der Waals surface area contributed by atoms with E-state index in [2.05, 4.69) is 10.9 Å². The summed E-state index contributed by atoms with van der Waals surface area (Å²) in [7, 11) is 2.99. The lowest BCUT2D eigenvalue weighted by molar-refractivity contribution is -0.135. The number of nitrogens with zero attached hydrogens (tertiary/aromatic N) is 1. The van der Waals surface area contributed by atoms with Crippen molar-refractivity contribution in [3.63, 3.8) is 0 Å². The number of carbonyl (C=O) groups is 1. The maximum Gasteiger partial charge on any atom is 0.350 e. The second kappa shape index (κ2) is 18.2. The molecule has 0 aliphatic rings. The monoisotopic (exact) mass is 561 g/mol.